The Hall–Kier alpha value is -1.34. The van der Waals surface area contributed by atoms with E-state index in [2.05, 4.69) is 0 Å². The van der Waals surface area contributed by atoms with Crippen LogP contribution in [0.5, 0.6) is 0 Å². The maximum atomic E-state index is 12.4. The predicted molar refractivity (Wildman–Crippen MR) is 70.2 cm³/mol. The minimum absolute atomic E-state index is 0.0307. The number of aliphatic carboxylic acids is 1. The van der Waals surface area contributed by atoms with Crippen LogP contribution in [0.25, 0.3) is 0 Å². The van der Waals surface area contributed by atoms with E-state index >= 15 is 0 Å². The lowest BCUT2D eigenvalue weighted by molar-refractivity contribution is -0.141. The topological polar surface area (TPSA) is 101 Å². The molecular weight excluding hydrogens is 264 g/mol. The summed E-state index contributed by atoms with van der Waals surface area (Å²) >= 11 is 0. The number of amides is 2. The zero-order valence-electron chi connectivity index (χ0n) is 11.6. The number of aliphatic hydroxyl groups is 2. The number of β-amino-alcohol motifs (C(OH)–C–C–N with tert-alkyl or cyclic N) is 1. The molecule has 2 aliphatic rings. The Balaban J connectivity index is 2.07. The third-order valence-electron chi connectivity index (χ3n) is 4.30. The number of hydrogen-bond acceptors (Lipinski definition) is 4. The smallest absolute Gasteiger partial charge is 0.326 e. The molecule has 0 aromatic carbocycles. The summed E-state index contributed by atoms with van der Waals surface area (Å²) < 4.78 is 0. The molecule has 0 bridgehead atoms. The van der Waals surface area contributed by atoms with E-state index in [0.717, 1.165) is 19.3 Å². The highest BCUT2D eigenvalue weighted by molar-refractivity contribution is 5.83. The Morgan fingerprint density at radius 3 is 2.45 bits per heavy atom. The van der Waals surface area contributed by atoms with E-state index in [9.17, 15) is 19.8 Å². The highest BCUT2D eigenvalue weighted by atomic mass is 16.4. The molecule has 3 N–H and O–H groups in total. The fourth-order valence-corrected chi connectivity index (χ4v) is 3.15. The maximum Gasteiger partial charge on any atom is 0.326 e. The number of carbonyl (C=O) groups is 2. The number of carbonyl (C=O) groups excluding carboxylic acids is 1. The van der Waals surface area contributed by atoms with Gasteiger partial charge in [0.2, 0.25) is 0 Å². The highest BCUT2D eigenvalue weighted by Gasteiger charge is 2.42. The van der Waals surface area contributed by atoms with E-state index in [-0.39, 0.29) is 19.0 Å². The van der Waals surface area contributed by atoms with E-state index in [4.69, 9.17) is 5.11 Å². The standard InChI is InChI=1S/C13H22N2O5/c1-14(9-4-2-3-5-11(9)17)13(20)15-7-8(16)6-10(15)12(18)19/h8-11,16-17H,2-7H2,1H3,(H,18,19)/t8-,9?,10+,11?/m1/s1. The minimum atomic E-state index is -1.10. The lowest BCUT2D eigenvalue weighted by Gasteiger charge is -2.37. The first kappa shape index (κ1) is 15.1. The fourth-order valence-electron chi connectivity index (χ4n) is 3.15. The largest absolute Gasteiger partial charge is 0.480 e. The van der Waals surface area contributed by atoms with Gasteiger partial charge in [-0.25, -0.2) is 9.59 Å². The van der Waals surface area contributed by atoms with E-state index < -0.39 is 30.3 Å². The molecular formula is C13H22N2O5. The molecule has 1 saturated heterocycles. The average Bonchev–Trinajstić information content (AvgIpc) is 2.80. The molecule has 2 rings (SSSR count). The molecule has 0 radical (unpaired) electrons. The first-order chi connectivity index (χ1) is 9.41. The summed E-state index contributed by atoms with van der Waals surface area (Å²) in [5.41, 5.74) is 0. The zero-order valence-corrected chi connectivity index (χ0v) is 11.6. The molecule has 7 heteroatoms. The first-order valence-corrected chi connectivity index (χ1v) is 7.04. The quantitative estimate of drug-likeness (QED) is 0.656. The van der Waals surface area contributed by atoms with Crippen LogP contribution in [-0.2, 0) is 4.79 Å². The van der Waals surface area contributed by atoms with Gasteiger partial charge in [0.25, 0.3) is 0 Å². The molecule has 1 aliphatic heterocycles. The third kappa shape index (κ3) is 2.88. The van der Waals surface area contributed by atoms with Gasteiger partial charge in [0.15, 0.2) is 0 Å². The number of hydrogen-bond donors (Lipinski definition) is 3. The Labute approximate surface area is 117 Å². The molecule has 4 atom stereocenters. The van der Waals surface area contributed by atoms with Gasteiger partial charge in [0.05, 0.1) is 18.2 Å². The van der Waals surface area contributed by atoms with Gasteiger partial charge in [-0.05, 0) is 12.8 Å². The molecule has 0 aromatic heterocycles. The number of rotatable bonds is 2. The fraction of sp³-hybridized carbons (Fsp3) is 0.846. The number of carboxylic acid groups (broad SMARTS) is 1. The van der Waals surface area contributed by atoms with Crippen molar-refractivity contribution in [3.63, 3.8) is 0 Å². The number of carboxylic acids is 1. The van der Waals surface area contributed by atoms with Gasteiger partial charge in [0, 0.05) is 20.0 Å². The highest BCUT2D eigenvalue weighted by Crippen LogP contribution is 2.25. The van der Waals surface area contributed by atoms with Crippen LogP contribution < -0.4 is 0 Å². The average molecular weight is 286 g/mol. The second-order valence-corrected chi connectivity index (χ2v) is 5.71. The number of aliphatic hydroxyl groups excluding tert-OH is 2. The second kappa shape index (κ2) is 5.97. The SMILES string of the molecule is CN(C(=O)N1C[C@H](O)C[C@H]1C(=O)O)C1CCCCC1O. The summed E-state index contributed by atoms with van der Waals surface area (Å²) in [5.74, 6) is -1.10. The van der Waals surface area contributed by atoms with Crippen LogP contribution in [0, 0.1) is 0 Å². The molecule has 1 aliphatic carbocycles. The molecule has 7 nitrogen and oxygen atoms in total. The summed E-state index contributed by atoms with van der Waals surface area (Å²) in [4.78, 5) is 26.2. The summed E-state index contributed by atoms with van der Waals surface area (Å²) in [6.45, 7) is 0.0307. The molecule has 2 unspecified atom stereocenters. The second-order valence-electron chi connectivity index (χ2n) is 5.71. The Kier molecular flexibility index (Phi) is 4.49. The molecule has 1 heterocycles. The Morgan fingerprint density at radius 2 is 1.85 bits per heavy atom. The predicted octanol–water partition coefficient (Wildman–Crippen LogP) is -0.139. The third-order valence-corrected chi connectivity index (χ3v) is 4.30. The lowest BCUT2D eigenvalue weighted by Crippen LogP contribution is -2.53. The number of nitrogens with zero attached hydrogens (tertiary/aromatic N) is 2. The van der Waals surface area contributed by atoms with Gasteiger partial charge in [-0.1, -0.05) is 12.8 Å². The van der Waals surface area contributed by atoms with Crippen molar-refractivity contribution >= 4 is 12.0 Å². The van der Waals surface area contributed by atoms with Gasteiger partial charge < -0.3 is 25.1 Å². The van der Waals surface area contributed by atoms with Crippen LogP contribution in [0.15, 0.2) is 0 Å². The van der Waals surface area contributed by atoms with Crippen molar-refractivity contribution < 1.29 is 24.9 Å². The van der Waals surface area contributed by atoms with Crippen molar-refractivity contribution in [3.05, 3.63) is 0 Å². The van der Waals surface area contributed by atoms with Gasteiger partial charge in [0.1, 0.15) is 6.04 Å². The summed E-state index contributed by atoms with van der Waals surface area (Å²) in [7, 11) is 1.59. The molecule has 2 fully saturated rings. The van der Waals surface area contributed by atoms with Crippen molar-refractivity contribution in [2.45, 2.75) is 56.4 Å². The number of likely N-dealkylation sites (N-methyl/N-ethyl adjacent to an activating group) is 1. The first-order valence-electron chi connectivity index (χ1n) is 7.04. The van der Waals surface area contributed by atoms with Crippen LogP contribution in [0.2, 0.25) is 0 Å². The monoisotopic (exact) mass is 286 g/mol. The van der Waals surface area contributed by atoms with E-state index in [1.54, 1.807) is 7.05 Å². The van der Waals surface area contributed by atoms with Crippen molar-refractivity contribution in [3.8, 4) is 0 Å². The number of urea groups is 1. The van der Waals surface area contributed by atoms with E-state index in [1.807, 2.05) is 0 Å². The Bertz CT molecular complexity index is 389. The molecule has 20 heavy (non-hydrogen) atoms. The van der Waals surface area contributed by atoms with Crippen LogP contribution >= 0.6 is 0 Å². The van der Waals surface area contributed by atoms with Crippen molar-refractivity contribution in [1.29, 1.82) is 0 Å². The van der Waals surface area contributed by atoms with Crippen LogP contribution in [0.4, 0.5) is 4.79 Å². The van der Waals surface area contributed by atoms with Gasteiger partial charge in [-0.2, -0.15) is 0 Å². The summed E-state index contributed by atoms with van der Waals surface area (Å²) in [6, 6.07) is -1.69. The number of likely N-dealkylation sites (tertiary alicyclic amines) is 1. The van der Waals surface area contributed by atoms with Crippen molar-refractivity contribution in [1.82, 2.24) is 9.80 Å². The van der Waals surface area contributed by atoms with Gasteiger partial charge >= 0.3 is 12.0 Å². The summed E-state index contributed by atoms with van der Waals surface area (Å²) in [6.07, 6.45) is 1.97. The molecule has 2 amide bonds. The molecule has 114 valence electrons. The molecule has 0 spiro atoms. The van der Waals surface area contributed by atoms with Crippen molar-refractivity contribution in [2.24, 2.45) is 0 Å². The molecule has 1 saturated carbocycles. The van der Waals surface area contributed by atoms with Crippen LogP contribution in [0.1, 0.15) is 32.1 Å². The lowest BCUT2D eigenvalue weighted by atomic mass is 9.92. The van der Waals surface area contributed by atoms with Gasteiger partial charge in [-0.3, -0.25) is 0 Å². The van der Waals surface area contributed by atoms with Crippen LogP contribution in [-0.4, -0.2) is 75.0 Å². The zero-order chi connectivity index (χ0) is 14.9. The Morgan fingerprint density at radius 1 is 1.20 bits per heavy atom. The normalized spacial score (nSPS) is 34.0. The minimum Gasteiger partial charge on any atom is -0.480 e. The van der Waals surface area contributed by atoms with E-state index in [1.165, 1.54) is 9.80 Å². The summed E-state index contributed by atoms with van der Waals surface area (Å²) in [5, 5.41) is 28.7. The van der Waals surface area contributed by atoms with Gasteiger partial charge in [-0.15, -0.1) is 0 Å². The maximum absolute atomic E-state index is 12.4. The van der Waals surface area contributed by atoms with E-state index in [0.29, 0.717) is 6.42 Å². The van der Waals surface area contributed by atoms with Crippen molar-refractivity contribution in [2.75, 3.05) is 13.6 Å². The van der Waals surface area contributed by atoms with Crippen LogP contribution in [0.3, 0.4) is 0 Å². The molecule has 0 aromatic rings.